The fourth-order valence-electron chi connectivity index (χ4n) is 2.19. The first-order chi connectivity index (χ1) is 9.68. The summed E-state index contributed by atoms with van der Waals surface area (Å²) in [6, 6.07) is 11.8. The van der Waals surface area contributed by atoms with Crippen LogP contribution in [0.5, 0.6) is 0 Å². The predicted octanol–water partition coefficient (Wildman–Crippen LogP) is 2.46. The lowest BCUT2D eigenvalue weighted by atomic mass is 10.0. The molecule has 0 spiro atoms. The summed E-state index contributed by atoms with van der Waals surface area (Å²) in [4.78, 5) is 24.4. The van der Waals surface area contributed by atoms with Crippen molar-refractivity contribution in [3.05, 3.63) is 63.9 Å². The van der Waals surface area contributed by atoms with Crippen LogP contribution in [0.25, 0.3) is 5.76 Å². The topological polar surface area (TPSA) is 66.4 Å². The van der Waals surface area contributed by atoms with Crippen molar-refractivity contribution in [2.24, 2.45) is 0 Å². The van der Waals surface area contributed by atoms with E-state index in [1.807, 2.05) is 23.6 Å². The summed E-state index contributed by atoms with van der Waals surface area (Å²) in [6.07, 6.45) is 0. The van der Waals surface area contributed by atoms with Crippen LogP contribution in [0.15, 0.2) is 53.4 Å². The molecule has 1 aromatic carbocycles. The van der Waals surface area contributed by atoms with Crippen molar-refractivity contribution in [1.82, 2.24) is 5.32 Å². The zero-order chi connectivity index (χ0) is 14.1. The highest BCUT2D eigenvalue weighted by molar-refractivity contribution is 7.10. The minimum Gasteiger partial charge on any atom is -0.507 e. The number of benzene rings is 1. The van der Waals surface area contributed by atoms with Gasteiger partial charge in [-0.25, -0.2) is 0 Å². The van der Waals surface area contributed by atoms with E-state index >= 15 is 0 Å². The number of nitrogens with one attached hydrogen (secondary N) is 1. The number of ketones is 1. The number of aliphatic hydroxyl groups excluding tert-OH is 1. The Morgan fingerprint density at radius 2 is 1.85 bits per heavy atom. The Balaban J connectivity index is 2.13. The SMILES string of the molecule is O=C1NC(c2cccs2)/C(=C(/O)c2ccccc2)C1=O. The molecule has 5 heteroatoms. The van der Waals surface area contributed by atoms with Crippen LogP contribution < -0.4 is 5.32 Å². The second-order valence-corrected chi connectivity index (χ2v) is 5.36. The Kier molecular flexibility index (Phi) is 3.12. The molecule has 1 aliphatic rings. The molecule has 0 radical (unpaired) electrons. The van der Waals surface area contributed by atoms with Gasteiger partial charge in [0.2, 0.25) is 0 Å². The Morgan fingerprint density at radius 1 is 1.10 bits per heavy atom. The number of hydrogen-bond donors (Lipinski definition) is 2. The summed E-state index contributed by atoms with van der Waals surface area (Å²) in [5, 5.41) is 14.8. The third kappa shape index (κ3) is 2.02. The first-order valence-electron chi connectivity index (χ1n) is 6.05. The highest BCUT2D eigenvalue weighted by Gasteiger charge is 2.39. The van der Waals surface area contributed by atoms with Crippen LogP contribution in [0.3, 0.4) is 0 Å². The van der Waals surface area contributed by atoms with E-state index in [0.717, 1.165) is 4.88 Å². The number of aliphatic hydroxyl groups is 1. The molecule has 1 saturated heterocycles. The molecule has 4 nitrogen and oxygen atoms in total. The molecule has 1 amide bonds. The fraction of sp³-hybridized carbons (Fsp3) is 0.0667. The van der Waals surface area contributed by atoms with Crippen molar-refractivity contribution >= 4 is 28.8 Å². The number of carbonyl (C=O) groups excluding carboxylic acids is 2. The Hall–Kier alpha value is -2.40. The number of thiophene rings is 1. The average molecular weight is 285 g/mol. The van der Waals surface area contributed by atoms with Gasteiger partial charge in [0.05, 0.1) is 11.6 Å². The van der Waals surface area contributed by atoms with Crippen molar-refractivity contribution in [2.45, 2.75) is 6.04 Å². The van der Waals surface area contributed by atoms with Gasteiger partial charge in [-0.15, -0.1) is 11.3 Å². The minimum absolute atomic E-state index is 0.114. The summed E-state index contributed by atoms with van der Waals surface area (Å²) in [5.41, 5.74) is 0.637. The van der Waals surface area contributed by atoms with E-state index in [1.165, 1.54) is 11.3 Å². The van der Waals surface area contributed by atoms with Gasteiger partial charge >= 0.3 is 0 Å². The second-order valence-electron chi connectivity index (χ2n) is 4.38. The van der Waals surface area contributed by atoms with E-state index in [2.05, 4.69) is 5.32 Å². The van der Waals surface area contributed by atoms with Crippen LogP contribution in [-0.4, -0.2) is 16.8 Å². The zero-order valence-corrected chi connectivity index (χ0v) is 11.2. The molecular formula is C15H11NO3S. The number of rotatable bonds is 2. The Morgan fingerprint density at radius 3 is 2.50 bits per heavy atom. The van der Waals surface area contributed by atoms with Gasteiger partial charge in [-0.1, -0.05) is 36.4 Å². The maximum Gasteiger partial charge on any atom is 0.293 e. The zero-order valence-electron chi connectivity index (χ0n) is 10.4. The lowest BCUT2D eigenvalue weighted by Gasteiger charge is -2.11. The van der Waals surface area contributed by atoms with Crippen LogP contribution in [-0.2, 0) is 9.59 Å². The number of amides is 1. The molecule has 20 heavy (non-hydrogen) atoms. The number of carbonyl (C=O) groups is 2. The predicted molar refractivity (Wildman–Crippen MR) is 76.2 cm³/mol. The van der Waals surface area contributed by atoms with Crippen molar-refractivity contribution < 1.29 is 14.7 Å². The minimum atomic E-state index is -0.680. The van der Waals surface area contributed by atoms with Crippen LogP contribution in [0.2, 0.25) is 0 Å². The first kappa shape index (κ1) is 12.6. The lowest BCUT2D eigenvalue weighted by Crippen LogP contribution is -2.20. The van der Waals surface area contributed by atoms with Gasteiger partial charge in [0, 0.05) is 10.4 Å². The quantitative estimate of drug-likeness (QED) is 0.506. The molecule has 0 saturated carbocycles. The van der Waals surface area contributed by atoms with Gasteiger partial charge in [0.1, 0.15) is 5.76 Å². The molecule has 2 aromatic rings. The molecule has 1 aliphatic heterocycles. The average Bonchev–Trinajstić information content (AvgIpc) is 3.09. The van der Waals surface area contributed by atoms with E-state index in [4.69, 9.17) is 0 Å². The van der Waals surface area contributed by atoms with Crippen molar-refractivity contribution in [2.75, 3.05) is 0 Å². The maximum atomic E-state index is 12.0. The van der Waals surface area contributed by atoms with Crippen molar-refractivity contribution in [3.8, 4) is 0 Å². The molecule has 100 valence electrons. The molecule has 0 aliphatic carbocycles. The van der Waals surface area contributed by atoms with Crippen LogP contribution >= 0.6 is 11.3 Å². The van der Waals surface area contributed by atoms with E-state index in [9.17, 15) is 14.7 Å². The molecule has 3 rings (SSSR count). The van der Waals surface area contributed by atoms with Crippen LogP contribution in [0, 0.1) is 0 Å². The maximum absolute atomic E-state index is 12.0. The van der Waals surface area contributed by atoms with Crippen LogP contribution in [0.4, 0.5) is 0 Å². The number of hydrogen-bond acceptors (Lipinski definition) is 4. The van der Waals surface area contributed by atoms with Gasteiger partial charge in [0.15, 0.2) is 0 Å². The van der Waals surface area contributed by atoms with Gasteiger partial charge in [-0.3, -0.25) is 9.59 Å². The first-order valence-corrected chi connectivity index (χ1v) is 6.93. The lowest BCUT2D eigenvalue weighted by molar-refractivity contribution is -0.133. The summed E-state index contributed by atoms with van der Waals surface area (Å²) < 4.78 is 0. The third-order valence-electron chi connectivity index (χ3n) is 3.15. The largest absolute Gasteiger partial charge is 0.507 e. The van der Waals surface area contributed by atoms with Crippen molar-refractivity contribution in [1.29, 1.82) is 0 Å². The Bertz CT molecular complexity index is 689. The summed E-state index contributed by atoms with van der Waals surface area (Å²) >= 11 is 1.43. The van der Waals surface area contributed by atoms with Gasteiger partial charge in [0.25, 0.3) is 11.7 Å². The smallest absolute Gasteiger partial charge is 0.293 e. The van der Waals surface area contributed by atoms with E-state index < -0.39 is 17.7 Å². The molecule has 1 unspecified atom stereocenters. The highest BCUT2D eigenvalue weighted by atomic mass is 32.1. The monoisotopic (exact) mass is 285 g/mol. The van der Waals surface area contributed by atoms with E-state index in [-0.39, 0.29) is 11.3 Å². The summed E-state index contributed by atoms with van der Waals surface area (Å²) in [5.74, 6) is -1.50. The standard InChI is InChI=1S/C15H11NO3S/c17-13(9-5-2-1-3-6-9)11-12(10-7-4-8-20-10)16-15(19)14(11)18/h1-8,12,17H,(H,16,19)/b13-11-. The second kappa shape index (κ2) is 4.94. The highest BCUT2D eigenvalue weighted by Crippen LogP contribution is 2.34. The molecular weight excluding hydrogens is 274 g/mol. The van der Waals surface area contributed by atoms with Crippen LogP contribution in [0.1, 0.15) is 16.5 Å². The Labute approximate surface area is 119 Å². The van der Waals surface area contributed by atoms with Gasteiger partial charge < -0.3 is 10.4 Å². The molecule has 0 bridgehead atoms. The molecule has 1 atom stereocenters. The molecule has 2 N–H and O–H groups in total. The summed E-state index contributed by atoms with van der Waals surface area (Å²) in [7, 11) is 0. The fourth-order valence-corrected chi connectivity index (χ4v) is 2.97. The normalized spacial score (nSPS) is 20.9. The molecule has 2 heterocycles. The molecule has 1 fully saturated rings. The summed E-state index contributed by atoms with van der Waals surface area (Å²) in [6.45, 7) is 0. The van der Waals surface area contributed by atoms with E-state index in [1.54, 1.807) is 24.3 Å². The molecule has 1 aromatic heterocycles. The van der Waals surface area contributed by atoms with Gasteiger partial charge in [-0.2, -0.15) is 0 Å². The third-order valence-corrected chi connectivity index (χ3v) is 4.08. The van der Waals surface area contributed by atoms with Gasteiger partial charge in [-0.05, 0) is 11.4 Å². The number of Topliss-reactive ketones (excluding diaryl/α,β-unsaturated/α-hetero) is 1. The van der Waals surface area contributed by atoms with Crippen molar-refractivity contribution in [3.63, 3.8) is 0 Å². The van der Waals surface area contributed by atoms with E-state index in [0.29, 0.717) is 5.56 Å².